The Bertz CT molecular complexity index is 731. The summed E-state index contributed by atoms with van der Waals surface area (Å²) in [6.07, 6.45) is 1.62. The van der Waals surface area contributed by atoms with Crippen molar-refractivity contribution in [3.63, 3.8) is 0 Å². The van der Waals surface area contributed by atoms with E-state index in [1.165, 1.54) is 16.8 Å². The molecule has 1 amide bonds. The van der Waals surface area contributed by atoms with Crippen molar-refractivity contribution in [2.45, 2.75) is 6.61 Å². The SMILES string of the molecule is O=C1CSC(=S)N1N=Cc1cccc(OCc2ccccc2)c1. The van der Waals surface area contributed by atoms with Gasteiger partial charge in [0.1, 0.15) is 12.4 Å². The average Bonchev–Trinajstić information content (AvgIpc) is 2.91. The Labute approximate surface area is 144 Å². The third-order valence-corrected chi connectivity index (χ3v) is 4.49. The molecule has 4 nitrogen and oxygen atoms in total. The number of thioether (sulfide) groups is 1. The first-order chi connectivity index (χ1) is 11.2. The number of carbonyl (C=O) groups excluding carboxylic acids is 1. The number of rotatable bonds is 5. The molecule has 2 aromatic carbocycles. The molecule has 1 aliphatic heterocycles. The predicted molar refractivity (Wildman–Crippen MR) is 96.7 cm³/mol. The summed E-state index contributed by atoms with van der Waals surface area (Å²) in [7, 11) is 0. The molecular formula is C17H14N2O2S2. The van der Waals surface area contributed by atoms with E-state index in [9.17, 15) is 4.79 Å². The summed E-state index contributed by atoms with van der Waals surface area (Å²) in [5, 5.41) is 5.42. The molecule has 1 aliphatic rings. The Morgan fingerprint density at radius 3 is 2.78 bits per heavy atom. The van der Waals surface area contributed by atoms with Crippen LogP contribution >= 0.6 is 24.0 Å². The Morgan fingerprint density at radius 1 is 1.22 bits per heavy atom. The first-order valence-corrected chi connectivity index (χ1v) is 8.42. The van der Waals surface area contributed by atoms with Gasteiger partial charge in [-0.25, -0.2) is 0 Å². The van der Waals surface area contributed by atoms with Crippen LogP contribution < -0.4 is 4.74 Å². The molecule has 0 N–H and O–H groups in total. The molecule has 1 heterocycles. The maximum Gasteiger partial charge on any atom is 0.259 e. The first kappa shape index (κ1) is 15.7. The maximum absolute atomic E-state index is 11.6. The quantitative estimate of drug-likeness (QED) is 0.616. The number of nitrogens with zero attached hydrogens (tertiary/aromatic N) is 2. The second-order valence-electron chi connectivity index (χ2n) is 4.85. The zero-order chi connectivity index (χ0) is 16.1. The number of hydrazone groups is 1. The molecule has 1 saturated heterocycles. The highest BCUT2D eigenvalue weighted by molar-refractivity contribution is 8.23. The molecule has 0 bridgehead atoms. The lowest BCUT2D eigenvalue weighted by molar-refractivity contribution is -0.123. The van der Waals surface area contributed by atoms with Crippen LogP contribution in [0, 0.1) is 0 Å². The largest absolute Gasteiger partial charge is 0.489 e. The predicted octanol–water partition coefficient (Wildman–Crippen LogP) is 3.46. The van der Waals surface area contributed by atoms with Crippen LogP contribution in [-0.2, 0) is 11.4 Å². The molecule has 0 aliphatic carbocycles. The minimum absolute atomic E-state index is 0.0901. The van der Waals surface area contributed by atoms with Crippen LogP contribution in [0.1, 0.15) is 11.1 Å². The average molecular weight is 342 g/mol. The molecule has 2 aromatic rings. The van der Waals surface area contributed by atoms with E-state index >= 15 is 0 Å². The van der Waals surface area contributed by atoms with Gasteiger partial charge in [0.25, 0.3) is 5.91 Å². The topological polar surface area (TPSA) is 41.9 Å². The van der Waals surface area contributed by atoms with Crippen molar-refractivity contribution < 1.29 is 9.53 Å². The third-order valence-electron chi connectivity index (χ3n) is 3.16. The molecule has 23 heavy (non-hydrogen) atoms. The van der Waals surface area contributed by atoms with Crippen molar-refractivity contribution in [1.29, 1.82) is 0 Å². The number of thiocarbonyl (C=S) groups is 1. The number of amides is 1. The van der Waals surface area contributed by atoms with Crippen molar-refractivity contribution in [3.05, 3.63) is 65.7 Å². The van der Waals surface area contributed by atoms with Gasteiger partial charge in [-0.2, -0.15) is 10.1 Å². The molecule has 0 saturated carbocycles. The lowest BCUT2D eigenvalue weighted by Crippen LogP contribution is -2.22. The van der Waals surface area contributed by atoms with Crippen molar-refractivity contribution in [2.24, 2.45) is 5.10 Å². The van der Waals surface area contributed by atoms with Gasteiger partial charge in [-0.3, -0.25) is 4.79 Å². The van der Waals surface area contributed by atoms with Gasteiger partial charge in [-0.1, -0.05) is 66.4 Å². The summed E-state index contributed by atoms with van der Waals surface area (Å²) >= 11 is 6.41. The highest BCUT2D eigenvalue weighted by Gasteiger charge is 2.25. The minimum atomic E-state index is -0.0901. The van der Waals surface area contributed by atoms with Crippen LogP contribution in [0.4, 0.5) is 0 Å². The number of hydrogen-bond acceptors (Lipinski definition) is 5. The second-order valence-corrected chi connectivity index (χ2v) is 6.46. The van der Waals surface area contributed by atoms with Gasteiger partial charge in [-0.05, 0) is 23.3 Å². The minimum Gasteiger partial charge on any atom is -0.489 e. The molecular weight excluding hydrogens is 328 g/mol. The molecule has 0 radical (unpaired) electrons. The van der Waals surface area contributed by atoms with E-state index in [0.29, 0.717) is 16.7 Å². The van der Waals surface area contributed by atoms with Gasteiger partial charge in [0.05, 0.1) is 12.0 Å². The van der Waals surface area contributed by atoms with E-state index in [-0.39, 0.29) is 5.91 Å². The zero-order valence-electron chi connectivity index (χ0n) is 12.2. The Balaban J connectivity index is 1.65. The Hall–Kier alpha value is -2.18. The van der Waals surface area contributed by atoms with Crippen LogP contribution in [0.5, 0.6) is 5.75 Å². The van der Waals surface area contributed by atoms with Crippen LogP contribution in [-0.4, -0.2) is 27.2 Å². The Morgan fingerprint density at radius 2 is 2.04 bits per heavy atom. The van der Waals surface area contributed by atoms with Gasteiger partial charge >= 0.3 is 0 Å². The van der Waals surface area contributed by atoms with E-state index in [1.807, 2.05) is 54.6 Å². The van der Waals surface area contributed by atoms with Gasteiger partial charge in [0.2, 0.25) is 0 Å². The van der Waals surface area contributed by atoms with E-state index in [2.05, 4.69) is 5.10 Å². The summed E-state index contributed by atoms with van der Waals surface area (Å²) in [6.45, 7) is 0.507. The monoisotopic (exact) mass is 342 g/mol. The number of ether oxygens (including phenoxy) is 1. The molecule has 0 aromatic heterocycles. The van der Waals surface area contributed by atoms with Gasteiger partial charge < -0.3 is 4.74 Å². The lowest BCUT2D eigenvalue weighted by atomic mass is 10.2. The van der Waals surface area contributed by atoms with E-state index in [0.717, 1.165) is 16.9 Å². The van der Waals surface area contributed by atoms with Crippen LogP contribution in [0.3, 0.4) is 0 Å². The molecule has 0 unspecified atom stereocenters. The third kappa shape index (κ3) is 4.18. The summed E-state index contributed by atoms with van der Waals surface area (Å²) in [5.41, 5.74) is 1.96. The van der Waals surface area contributed by atoms with Crippen LogP contribution in [0.15, 0.2) is 59.7 Å². The highest BCUT2D eigenvalue weighted by Crippen LogP contribution is 2.20. The van der Waals surface area contributed by atoms with E-state index in [1.54, 1.807) is 6.21 Å². The van der Waals surface area contributed by atoms with Crippen molar-refractivity contribution in [2.75, 3.05) is 5.75 Å². The number of hydrogen-bond donors (Lipinski definition) is 0. The molecule has 3 rings (SSSR count). The molecule has 0 spiro atoms. The standard InChI is InChI=1S/C17H14N2O2S2/c20-16-12-23-17(22)19(16)18-10-14-7-4-8-15(9-14)21-11-13-5-2-1-3-6-13/h1-10H,11-12H2. The Kier molecular flexibility index (Phi) is 5.05. The first-order valence-electron chi connectivity index (χ1n) is 7.03. The fourth-order valence-electron chi connectivity index (χ4n) is 2.01. The van der Waals surface area contributed by atoms with Crippen LogP contribution in [0.2, 0.25) is 0 Å². The van der Waals surface area contributed by atoms with Gasteiger partial charge in [-0.15, -0.1) is 0 Å². The van der Waals surface area contributed by atoms with Crippen LogP contribution in [0.25, 0.3) is 0 Å². The molecule has 1 fully saturated rings. The summed E-state index contributed by atoms with van der Waals surface area (Å²) in [4.78, 5) is 11.6. The highest BCUT2D eigenvalue weighted by atomic mass is 32.2. The maximum atomic E-state index is 11.6. The summed E-state index contributed by atoms with van der Waals surface area (Å²) < 4.78 is 6.26. The molecule has 6 heteroatoms. The zero-order valence-corrected chi connectivity index (χ0v) is 13.8. The fourth-order valence-corrected chi connectivity index (χ4v) is 2.98. The second kappa shape index (κ2) is 7.39. The summed E-state index contributed by atoms with van der Waals surface area (Å²) in [6, 6.07) is 17.5. The van der Waals surface area contributed by atoms with Crippen molar-refractivity contribution in [1.82, 2.24) is 5.01 Å². The fraction of sp³-hybridized carbons (Fsp3) is 0.118. The summed E-state index contributed by atoms with van der Waals surface area (Å²) in [5.74, 6) is 1.02. The van der Waals surface area contributed by atoms with E-state index in [4.69, 9.17) is 17.0 Å². The smallest absolute Gasteiger partial charge is 0.259 e. The number of carbonyl (C=O) groups is 1. The number of benzene rings is 2. The van der Waals surface area contributed by atoms with E-state index < -0.39 is 0 Å². The molecule has 0 atom stereocenters. The van der Waals surface area contributed by atoms with Crippen molar-refractivity contribution >= 4 is 40.4 Å². The lowest BCUT2D eigenvalue weighted by Gasteiger charge is -2.08. The van der Waals surface area contributed by atoms with Gasteiger partial charge in [0, 0.05) is 0 Å². The molecule has 116 valence electrons. The van der Waals surface area contributed by atoms with Gasteiger partial charge in [0.15, 0.2) is 4.32 Å². The normalized spacial score (nSPS) is 14.7. The van der Waals surface area contributed by atoms with Crippen molar-refractivity contribution in [3.8, 4) is 5.75 Å².